The van der Waals surface area contributed by atoms with Gasteiger partial charge >= 0.3 is 0 Å². The summed E-state index contributed by atoms with van der Waals surface area (Å²) in [6, 6.07) is 34.5. The van der Waals surface area contributed by atoms with Crippen molar-refractivity contribution in [2.45, 2.75) is 19.6 Å². The Morgan fingerprint density at radius 3 is 2.54 bits per heavy atom. The molecule has 0 radical (unpaired) electrons. The van der Waals surface area contributed by atoms with Crippen LogP contribution in [0.3, 0.4) is 0 Å². The number of nitriles is 1. The predicted molar refractivity (Wildman–Crippen MR) is 148 cm³/mol. The molecule has 5 nitrogen and oxygen atoms in total. The molecule has 0 aliphatic heterocycles. The molecule has 2 heterocycles. The minimum atomic E-state index is -0.446. The van der Waals surface area contributed by atoms with E-state index in [1.54, 1.807) is 18.4 Å². The number of ether oxygens (including phenoxy) is 1. The lowest BCUT2D eigenvalue weighted by molar-refractivity contribution is 0.300. The van der Waals surface area contributed by atoms with Crippen LogP contribution in [-0.2, 0) is 19.6 Å². The van der Waals surface area contributed by atoms with E-state index < -0.39 is 5.82 Å². The molecule has 6 rings (SSSR count). The lowest BCUT2D eigenvalue weighted by Crippen LogP contribution is -2.05. The minimum absolute atomic E-state index is 0.0823. The van der Waals surface area contributed by atoms with E-state index in [9.17, 15) is 4.39 Å². The van der Waals surface area contributed by atoms with Crippen molar-refractivity contribution in [2.75, 3.05) is 0 Å². The van der Waals surface area contributed by atoms with Crippen LogP contribution in [0.25, 0.3) is 22.2 Å². The molecule has 0 spiro atoms. The number of hydrogen-bond acceptors (Lipinski definition) is 4. The van der Waals surface area contributed by atoms with Crippen LogP contribution in [0.5, 0.6) is 5.75 Å². The van der Waals surface area contributed by atoms with Gasteiger partial charge in [0.1, 0.15) is 29.8 Å². The SMILES string of the molecule is N#Cc1ccc(COc2cccc(-c3ccc(Cc4nc5ccccc5n4Cc4ccco4)cc3)c2)c(F)c1. The van der Waals surface area contributed by atoms with Gasteiger partial charge in [0.2, 0.25) is 0 Å². The first kappa shape index (κ1) is 24.2. The van der Waals surface area contributed by atoms with Gasteiger partial charge in [0.05, 0.1) is 35.5 Å². The molecule has 2 aromatic heterocycles. The van der Waals surface area contributed by atoms with Gasteiger partial charge < -0.3 is 13.7 Å². The van der Waals surface area contributed by atoms with Crippen LogP contribution in [0.1, 0.15) is 28.3 Å². The Morgan fingerprint density at radius 1 is 0.872 bits per heavy atom. The number of halogens is 1. The Bertz CT molecular complexity index is 1780. The van der Waals surface area contributed by atoms with E-state index in [1.165, 1.54) is 6.07 Å². The van der Waals surface area contributed by atoms with Crippen LogP contribution in [-0.4, -0.2) is 9.55 Å². The van der Waals surface area contributed by atoms with E-state index >= 15 is 0 Å². The normalized spacial score (nSPS) is 11.0. The average molecular weight is 514 g/mol. The third-order valence-corrected chi connectivity index (χ3v) is 6.69. The maximum atomic E-state index is 14.2. The van der Waals surface area contributed by atoms with Gasteiger partial charge in [0.15, 0.2) is 0 Å². The zero-order valence-electron chi connectivity index (χ0n) is 21.0. The molecular weight excluding hydrogens is 489 g/mol. The molecule has 0 saturated carbocycles. The van der Waals surface area contributed by atoms with Crippen molar-refractivity contribution in [3.05, 3.63) is 143 Å². The zero-order chi connectivity index (χ0) is 26.6. The number of aromatic nitrogens is 2. The largest absolute Gasteiger partial charge is 0.489 e. The van der Waals surface area contributed by atoms with E-state index in [4.69, 9.17) is 19.4 Å². The maximum absolute atomic E-state index is 14.2. The number of rotatable bonds is 8. The number of nitrogens with zero attached hydrogens (tertiary/aromatic N) is 3. The van der Waals surface area contributed by atoms with Crippen molar-refractivity contribution in [1.82, 2.24) is 9.55 Å². The second-order valence-electron chi connectivity index (χ2n) is 9.29. The molecule has 39 heavy (non-hydrogen) atoms. The van der Waals surface area contributed by atoms with Crippen LogP contribution in [0.2, 0.25) is 0 Å². The third-order valence-electron chi connectivity index (χ3n) is 6.69. The fourth-order valence-electron chi connectivity index (χ4n) is 4.65. The molecule has 0 aliphatic rings. The second kappa shape index (κ2) is 10.7. The first-order valence-corrected chi connectivity index (χ1v) is 12.6. The number of imidazole rings is 1. The topological polar surface area (TPSA) is 64.0 Å². The molecule has 0 atom stereocenters. The molecule has 0 amide bonds. The number of para-hydroxylation sites is 2. The quantitative estimate of drug-likeness (QED) is 0.211. The molecule has 0 saturated heterocycles. The average Bonchev–Trinajstić information content (AvgIpc) is 3.61. The lowest BCUT2D eigenvalue weighted by atomic mass is 10.0. The highest BCUT2D eigenvalue weighted by Crippen LogP contribution is 2.26. The first-order valence-electron chi connectivity index (χ1n) is 12.6. The minimum Gasteiger partial charge on any atom is -0.489 e. The third kappa shape index (κ3) is 5.29. The summed E-state index contributed by atoms with van der Waals surface area (Å²) >= 11 is 0. The van der Waals surface area contributed by atoms with Crippen molar-refractivity contribution >= 4 is 11.0 Å². The van der Waals surface area contributed by atoms with E-state index in [-0.39, 0.29) is 12.2 Å². The van der Waals surface area contributed by atoms with Crippen molar-refractivity contribution < 1.29 is 13.5 Å². The number of furan rings is 1. The molecule has 190 valence electrons. The van der Waals surface area contributed by atoms with Gasteiger partial charge in [-0.25, -0.2) is 9.37 Å². The Balaban J connectivity index is 1.19. The van der Waals surface area contributed by atoms with E-state index in [2.05, 4.69) is 34.9 Å². The van der Waals surface area contributed by atoms with Gasteiger partial charge in [-0.2, -0.15) is 5.26 Å². The van der Waals surface area contributed by atoms with Gasteiger partial charge in [-0.15, -0.1) is 0 Å². The first-order chi connectivity index (χ1) is 19.2. The summed E-state index contributed by atoms with van der Waals surface area (Å²) in [4.78, 5) is 4.90. The van der Waals surface area contributed by atoms with Crippen LogP contribution in [0.15, 0.2) is 114 Å². The molecule has 0 unspecified atom stereocenters. The highest BCUT2D eigenvalue weighted by molar-refractivity contribution is 5.76. The fourth-order valence-corrected chi connectivity index (χ4v) is 4.65. The standard InChI is InChI=1S/C33H24FN3O2/c34-30-17-24(20-35)12-15-27(30)22-39-28-6-3-5-26(19-28)25-13-10-23(11-14-25)18-33-36-31-8-1-2-9-32(31)37(33)21-29-7-4-16-38-29/h1-17,19H,18,21-22H2. The molecule has 6 heteroatoms. The number of fused-ring (bicyclic) bond motifs is 1. The molecule has 6 aromatic rings. The van der Waals surface area contributed by atoms with Crippen LogP contribution >= 0.6 is 0 Å². The summed E-state index contributed by atoms with van der Waals surface area (Å²) in [7, 11) is 0. The molecule has 0 fully saturated rings. The lowest BCUT2D eigenvalue weighted by Gasteiger charge is -2.10. The van der Waals surface area contributed by atoms with E-state index in [0.29, 0.717) is 24.3 Å². The molecule has 4 aromatic carbocycles. The smallest absolute Gasteiger partial charge is 0.131 e. The summed E-state index contributed by atoms with van der Waals surface area (Å²) < 4.78 is 27.9. The Kier molecular flexibility index (Phi) is 6.63. The molecule has 0 N–H and O–H groups in total. The van der Waals surface area contributed by atoms with Crippen molar-refractivity contribution in [3.63, 3.8) is 0 Å². The summed E-state index contributed by atoms with van der Waals surface area (Å²) in [5.41, 5.74) is 5.95. The van der Waals surface area contributed by atoms with Crippen molar-refractivity contribution in [1.29, 1.82) is 5.26 Å². The highest BCUT2D eigenvalue weighted by atomic mass is 19.1. The fraction of sp³-hybridized carbons (Fsp3) is 0.0909. The Morgan fingerprint density at radius 2 is 1.74 bits per heavy atom. The monoisotopic (exact) mass is 513 g/mol. The predicted octanol–water partition coefficient (Wildman–Crippen LogP) is 7.53. The van der Waals surface area contributed by atoms with Crippen molar-refractivity contribution in [3.8, 4) is 22.9 Å². The van der Waals surface area contributed by atoms with Gasteiger partial charge in [-0.05, 0) is 65.2 Å². The van der Waals surface area contributed by atoms with Crippen LogP contribution in [0.4, 0.5) is 4.39 Å². The summed E-state index contributed by atoms with van der Waals surface area (Å²) in [5.74, 6) is 2.06. The number of benzene rings is 4. The second-order valence-corrected chi connectivity index (χ2v) is 9.29. The molecule has 0 aliphatic carbocycles. The highest BCUT2D eigenvalue weighted by Gasteiger charge is 2.13. The van der Waals surface area contributed by atoms with Crippen LogP contribution < -0.4 is 4.74 Å². The molecule has 0 bridgehead atoms. The zero-order valence-corrected chi connectivity index (χ0v) is 21.0. The van der Waals surface area contributed by atoms with Gasteiger partial charge in [0.25, 0.3) is 0 Å². The van der Waals surface area contributed by atoms with E-state index in [1.807, 2.05) is 60.7 Å². The summed E-state index contributed by atoms with van der Waals surface area (Å²) in [5, 5.41) is 8.92. The Labute approximate surface area is 225 Å². The maximum Gasteiger partial charge on any atom is 0.131 e. The summed E-state index contributed by atoms with van der Waals surface area (Å²) in [6.45, 7) is 0.707. The number of hydrogen-bond donors (Lipinski definition) is 0. The van der Waals surface area contributed by atoms with Gasteiger partial charge in [0, 0.05) is 12.0 Å². The van der Waals surface area contributed by atoms with Crippen molar-refractivity contribution in [2.24, 2.45) is 0 Å². The Hall–Kier alpha value is -5.15. The van der Waals surface area contributed by atoms with Crippen LogP contribution in [0, 0.1) is 17.1 Å². The molecular formula is C33H24FN3O2. The van der Waals surface area contributed by atoms with Gasteiger partial charge in [-0.1, -0.05) is 54.6 Å². The summed E-state index contributed by atoms with van der Waals surface area (Å²) in [6.07, 6.45) is 2.38. The van der Waals surface area contributed by atoms with Gasteiger partial charge in [-0.3, -0.25) is 0 Å². The van der Waals surface area contributed by atoms with E-state index in [0.717, 1.165) is 39.3 Å².